The van der Waals surface area contributed by atoms with Crippen LogP contribution < -0.4 is 0 Å². The van der Waals surface area contributed by atoms with Gasteiger partial charge in [-0.05, 0) is 25.7 Å². The molecule has 156 valence electrons. The largest absolute Gasteiger partial charge is 0.0885 e. The van der Waals surface area contributed by atoms with Crippen molar-refractivity contribution in [2.24, 2.45) is 0 Å². The van der Waals surface area contributed by atoms with E-state index in [4.69, 9.17) is 0 Å². The van der Waals surface area contributed by atoms with Gasteiger partial charge in [-0.25, -0.2) is 0 Å². The van der Waals surface area contributed by atoms with Crippen molar-refractivity contribution in [3.8, 4) is 0 Å². The van der Waals surface area contributed by atoms with Crippen molar-refractivity contribution in [3.05, 3.63) is 12.2 Å². The lowest BCUT2D eigenvalue weighted by Crippen LogP contribution is -1.82. The highest BCUT2D eigenvalue weighted by Crippen LogP contribution is 2.13. The van der Waals surface area contributed by atoms with E-state index in [1.165, 1.54) is 141 Å². The second-order valence-electron chi connectivity index (χ2n) is 8.41. The Labute approximate surface area is 167 Å². The van der Waals surface area contributed by atoms with Crippen LogP contribution in [0.5, 0.6) is 0 Å². The van der Waals surface area contributed by atoms with Gasteiger partial charge < -0.3 is 0 Å². The molecular weight excluding hydrogens is 312 g/mol. The van der Waals surface area contributed by atoms with Crippen LogP contribution in [0.2, 0.25) is 0 Å². The predicted octanol–water partition coefficient (Wildman–Crippen LogP) is 10.2. The highest BCUT2D eigenvalue weighted by molar-refractivity contribution is 4.81. The molecule has 0 fully saturated rings. The summed E-state index contributed by atoms with van der Waals surface area (Å²) in [6, 6.07) is 0. The Bertz CT molecular complexity index is 253. The fraction of sp³-hybridized carbons (Fsp3) is 0.923. The van der Waals surface area contributed by atoms with E-state index in [1.54, 1.807) is 0 Å². The van der Waals surface area contributed by atoms with Gasteiger partial charge in [0.1, 0.15) is 0 Å². The van der Waals surface area contributed by atoms with Crippen LogP contribution in [0.15, 0.2) is 12.2 Å². The van der Waals surface area contributed by atoms with Gasteiger partial charge in [0.2, 0.25) is 0 Å². The van der Waals surface area contributed by atoms with Crippen molar-refractivity contribution < 1.29 is 0 Å². The van der Waals surface area contributed by atoms with Crippen molar-refractivity contribution >= 4 is 0 Å². The van der Waals surface area contributed by atoms with E-state index in [0.29, 0.717) is 0 Å². The monoisotopic (exact) mass is 364 g/mol. The second kappa shape index (κ2) is 24.7. The highest BCUT2D eigenvalue weighted by Gasteiger charge is 1.93. The van der Waals surface area contributed by atoms with Crippen LogP contribution >= 0.6 is 0 Å². The first-order valence-electron chi connectivity index (χ1n) is 12.6. The Morgan fingerprint density at radius 2 is 0.538 bits per heavy atom. The average molecular weight is 365 g/mol. The molecule has 0 saturated heterocycles. The molecule has 0 bridgehead atoms. The number of allylic oxidation sites excluding steroid dienone is 2. The van der Waals surface area contributed by atoms with Crippen molar-refractivity contribution in [1.29, 1.82) is 0 Å². The van der Waals surface area contributed by atoms with Crippen LogP contribution in [-0.4, -0.2) is 0 Å². The van der Waals surface area contributed by atoms with Gasteiger partial charge in [-0.15, -0.1) is 0 Å². The molecule has 0 N–H and O–H groups in total. The average Bonchev–Trinajstić information content (AvgIpc) is 2.66. The third-order valence-electron chi connectivity index (χ3n) is 5.62. The van der Waals surface area contributed by atoms with Crippen LogP contribution in [0.25, 0.3) is 0 Å². The zero-order valence-corrected chi connectivity index (χ0v) is 18.7. The summed E-state index contributed by atoms with van der Waals surface area (Å²) >= 11 is 0. The Hall–Kier alpha value is -0.260. The van der Waals surface area contributed by atoms with Crippen LogP contribution in [0.1, 0.15) is 155 Å². The number of hydrogen-bond donors (Lipinski definition) is 0. The van der Waals surface area contributed by atoms with Gasteiger partial charge in [-0.2, -0.15) is 0 Å². The first-order valence-corrected chi connectivity index (χ1v) is 12.6. The van der Waals surface area contributed by atoms with Gasteiger partial charge in [-0.1, -0.05) is 142 Å². The van der Waals surface area contributed by atoms with Crippen LogP contribution in [0.3, 0.4) is 0 Å². The quantitative estimate of drug-likeness (QED) is 0.132. The van der Waals surface area contributed by atoms with Crippen LogP contribution in [-0.2, 0) is 0 Å². The van der Waals surface area contributed by atoms with Crippen LogP contribution in [0, 0.1) is 0 Å². The Morgan fingerprint density at radius 3 is 0.808 bits per heavy atom. The minimum absolute atomic E-state index is 1.31. The van der Waals surface area contributed by atoms with E-state index in [9.17, 15) is 0 Å². The number of hydrogen-bond acceptors (Lipinski definition) is 0. The molecule has 0 saturated carbocycles. The maximum absolute atomic E-state index is 2.44. The minimum Gasteiger partial charge on any atom is -0.0885 e. The second-order valence-corrected chi connectivity index (χ2v) is 8.41. The van der Waals surface area contributed by atoms with E-state index in [0.717, 1.165) is 0 Å². The molecule has 0 unspecified atom stereocenters. The molecule has 0 spiro atoms. The molecule has 0 aliphatic rings. The predicted molar refractivity (Wildman–Crippen MR) is 122 cm³/mol. The fourth-order valence-electron chi connectivity index (χ4n) is 3.73. The summed E-state index contributed by atoms with van der Waals surface area (Å²) in [5, 5.41) is 0. The molecule has 0 aromatic heterocycles. The lowest BCUT2D eigenvalue weighted by atomic mass is 10.0. The third kappa shape index (κ3) is 23.7. The molecule has 26 heavy (non-hydrogen) atoms. The van der Waals surface area contributed by atoms with Crippen molar-refractivity contribution in [3.63, 3.8) is 0 Å². The summed E-state index contributed by atoms with van der Waals surface area (Å²) in [6.45, 7) is 4.59. The maximum atomic E-state index is 2.44. The first kappa shape index (κ1) is 25.7. The van der Waals surface area contributed by atoms with Gasteiger partial charge >= 0.3 is 0 Å². The van der Waals surface area contributed by atoms with Crippen molar-refractivity contribution in [2.75, 3.05) is 0 Å². The fourth-order valence-corrected chi connectivity index (χ4v) is 3.73. The lowest BCUT2D eigenvalue weighted by Gasteiger charge is -2.02. The lowest BCUT2D eigenvalue weighted by molar-refractivity contribution is 0.545. The van der Waals surface area contributed by atoms with E-state index in [2.05, 4.69) is 26.0 Å². The van der Waals surface area contributed by atoms with Gasteiger partial charge in [-0.3, -0.25) is 0 Å². The van der Waals surface area contributed by atoms with E-state index < -0.39 is 0 Å². The van der Waals surface area contributed by atoms with E-state index >= 15 is 0 Å². The molecule has 0 aliphatic carbocycles. The Kier molecular flexibility index (Phi) is 24.5. The zero-order valence-electron chi connectivity index (χ0n) is 18.7. The minimum atomic E-state index is 1.31. The summed E-state index contributed by atoms with van der Waals surface area (Å²) in [6.07, 6.45) is 36.4. The molecule has 0 rings (SSSR count). The molecule has 0 atom stereocenters. The zero-order chi connectivity index (χ0) is 19.0. The normalized spacial score (nSPS) is 11.6. The topological polar surface area (TPSA) is 0 Å². The molecule has 0 aromatic carbocycles. The first-order chi connectivity index (χ1) is 12.9. The maximum Gasteiger partial charge on any atom is -0.0351 e. The molecule has 0 nitrogen and oxygen atoms in total. The molecule has 0 radical (unpaired) electrons. The molecule has 0 amide bonds. The summed E-state index contributed by atoms with van der Waals surface area (Å²) in [7, 11) is 0. The van der Waals surface area contributed by atoms with Gasteiger partial charge in [0, 0.05) is 0 Å². The van der Waals surface area contributed by atoms with Gasteiger partial charge in [0.05, 0.1) is 0 Å². The molecule has 0 heteroatoms. The summed E-state index contributed by atoms with van der Waals surface area (Å²) in [5.41, 5.74) is 0. The van der Waals surface area contributed by atoms with E-state index in [1.807, 2.05) is 0 Å². The molecule has 0 aromatic rings. The molecular formula is C26H52. The Balaban J connectivity index is 3.04. The summed E-state index contributed by atoms with van der Waals surface area (Å²) < 4.78 is 0. The number of unbranched alkanes of at least 4 members (excludes halogenated alkanes) is 20. The standard InChI is InChI=1S/C26H52/c1-3-5-7-9-11-13-15-17-19-21-23-25-26-24-22-20-18-16-14-12-10-8-6-4-2/h21,23H,3-20,22,24-26H2,1-2H3. The van der Waals surface area contributed by atoms with Gasteiger partial charge in [0.25, 0.3) is 0 Å². The molecule has 0 aliphatic heterocycles. The van der Waals surface area contributed by atoms with Crippen molar-refractivity contribution in [2.45, 2.75) is 155 Å². The van der Waals surface area contributed by atoms with Gasteiger partial charge in [0.15, 0.2) is 0 Å². The summed E-state index contributed by atoms with van der Waals surface area (Å²) in [4.78, 5) is 0. The smallest absolute Gasteiger partial charge is 0.0351 e. The Morgan fingerprint density at radius 1 is 0.308 bits per heavy atom. The number of rotatable bonds is 22. The van der Waals surface area contributed by atoms with E-state index in [-0.39, 0.29) is 0 Å². The highest BCUT2D eigenvalue weighted by atomic mass is 14.0. The summed E-state index contributed by atoms with van der Waals surface area (Å²) in [5.74, 6) is 0. The van der Waals surface area contributed by atoms with Crippen LogP contribution in [0.4, 0.5) is 0 Å². The SMILES string of the molecule is CCCCCCCCCCC=CCCCCCCCCCCCCCC. The third-order valence-corrected chi connectivity index (χ3v) is 5.62. The molecule has 0 heterocycles. The van der Waals surface area contributed by atoms with Crippen molar-refractivity contribution in [1.82, 2.24) is 0 Å².